The Morgan fingerprint density at radius 3 is 2.85 bits per heavy atom. The summed E-state index contributed by atoms with van der Waals surface area (Å²) in [7, 11) is 4.29. The molecule has 112 valence electrons. The largest absolute Gasteiger partial charge is 0.388 e. The van der Waals surface area contributed by atoms with Crippen LogP contribution in [-0.2, 0) is 0 Å². The molecule has 0 spiro atoms. The highest BCUT2D eigenvalue weighted by atomic mass is 35.5. The van der Waals surface area contributed by atoms with Crippen molar-refractivity contribution in [2.45, 2.75) is 31.4 Å². The molecule has 0 bridgehead atoms. The van der Waals surface area contributed by atoms with E-state index in [0.717, 1.165) is 31.6 Å². The number of aliphatic hydroxyl groups is 1. The molecule has 1 aliphatic rings. The number of likely N-dealkylation sites (N-methyl/N-ethyl adjacent to an activating group) is 1. The molecule has 3 nitrogen and oxygen atoms in total. The van der Waals surface area contributed by atoms with Crippen molar-refractivity contribution >= 4 is 11.6 Å². The van der Waals surface area contributed by atoms with Crippen LogP contribution >= 0.6 is 11.6 Å². The van der Waals surface area contributed by atoms with Crippen LogP contribution in [0.25, 0.3) is 0 Å². The zero-order valence-corrected chi connectivity index (χ0v) is 13.2. The summed E-state index contributed by atoms with van der Waals surface area (Å²) in [4.78, 5) is 4.75. The van der Waals surface area contributed by atoms with Crippen LogP contribution in [0, 0.1) is 0 Å². The van der Waals surface area contributed by atoms with Gasteiger partial charge in [0, 0.05) is 24.2 Å². The summed E-state index contributed by atoms with van der Waals surface area (Å²) >= 11 is 6.13. The van der Waals surface area contributed by atoms with Gasteiger partial charge in [-0.25, -0.2) is 0 Å². The van der Waals surface area contributed by atoms with Gasteiger partial charge in [-0.15, -0.1) is 0 Å². The molecular formula is C16H25ClN2O. The number of hydrogen-bond acceptors (Lipinski definition) is 3. The van der Waals surface area contributed by atoms with E-state index < -0.39 is 6.10 Å². The van der Waals surface area contributed by atoms with Crippen LogP contribution in [-0.4, -0.2) is 54.7 Å². The smallest absolute Gasteiger partial charge is 0.0816 e. The van der Waals surface area contributed by atoms with Crippen LogP contribution in [0.3, 0.4) is 0 Å². The van der Waals surface area contributed by atoms with Gasteiger partial charge < -0.3 is 14.9 Å². The average molecular weight is 297 g/mol. The predicted molar refractivity (Wildman–Crippen MR) is 84.2 cm³/mol. The summed E-state index contributed by atoms with van der Waals surface area (Å²) < 4.78 is 0. The SMILES string of the molecule is CN(C)C1CCCN(CCC(O)c2ccccc2Cl)C1. The highest BCUT2D eigenvalue weighted by Gasteiger charge is 2.22. The van der Waals surface area contributed by atoms with E-state index in [-0.39, 0.29) is 0 Å². The van der Waals surface area contributed by atoms with Crippen LogP contribution in [0.4, 0.5) is 0 Å². The third-order valence-electron chi connectivity index (χ3n) is 4.19. The molecule has 0 amide bonds. The van der Waals surface area contributed by atoms with E-state index in [4.69, 9.17) is 11.6 Å². The monoisotopic (exact) mass is 296 g/mol. The first-order valence-corrected chi connectivity index (χ1v) is 7.77. The highest BCUT2D eigenvalue weighted by Crippen LogP contribution is 2.25. The Labute approximate surface area is 127 Å². The van der Waals surface area contributed by atoms with Gasteiger partial charge in [-0.1, -0.05) is 29.8 Å². The molecule has 1 fully saturated rings. The molecule has 1 aliphatic heterocycles. The third kappa shape index (κ3) is 4.19. The molecule has 0 aliphatic carbocycles. The standard InChI is InChI=1S/C16H25ClN2O/c1-18(2)13-6-5-10-19(12-13)11-9-16(20)14-7-3-4-8-15(14)17/h3-4,7-8,13,16,20H,5-6,9-12H2,1-2H3. The van der Waals surface area contributed by atoms with Crippen molar-refractivity contribution in [2.75, 3.05) is 33.7 Å². The second kappa shape index (κ2) is 7.41. The Hall–Kier alpha value is -0.610. The molecule has 2 atom stereocenters. The average Bonchev–Trinajstić information content (AvgIpc) is 2.45. The minimum atomic E-state index is -0.469. The van der Waals surface area contributed by atoms with Gasteiger partial charge >= 0.3 is 0 Å². The van der Waals surface area contributed by atoms with Crippen molar-refractivity contribution < 1.29 is 5.11 Å². The fraction of sp³-hybridized carbons (Fsp3) is 0.625. The first-order valence-electron chi connectivity index (χ1n) is 7.39. The van der Waals surface area contributed by atoms with Gasteiger partial charge in [0.05, 0.1) is 6.10 Å². The molecule has 0 saturated carbocycles. The summed E-state index contributed by atoms with van der Waals surface area (Å²) in [6, 6.07) is 8.20. The first kappa shape index (κ1) is 15.8. The van der Waals surface area contributed by atoms with Gasteiger partial charge in [-0.2, -0.15) is 0 Å². The lowest BCUT2D eigenvalue weighted by Gasteiger charge is -2.36. The van der Waals surface area contributed by atoms with Crippen molar-refractivity contribution in [3.05, 3.63) is 34.9 Å². The Morgan fingerprint density at radius 2 is 2.15 bits per heavy atom. The molecule has 2 unspecified atom stereocenters. The van der Waals surface area contributed by atoms with Gasteiger partial charge in [0.15, 0.2) is 0 Å². The minimum Gasteiger partial charge on any atom is -0.388 e. The second-order valence-electron chi connectivity index (χ2n) is 5.89. The molecule has 2 rings (SSSR count). The normalized spacial score (nSPS) is 22.1. The van der Waals surface area contributed by atoms with E-state index in [1.54, 1.807) is 0 Å². The molecule has 1 saturated heterocycles. The topological polar surface area (TPSA) is 26.7 Å². The lowest BCUT2D eigenvalue weighted by molar-refractivity contribution is 0.102. The van der Waals surface area contributed by atoms with Crippen molar-refractivity contribution in [1.82, 2.24) is 9.80 Å². The fourth-order valence-corrected chi connectivity index (χ4v) is 3.12. The molecule has 0 radical (unpaired) electrons. The molecule has 1 heterocycles. The lowest BCUT2D eigenvalue weighted by atomic mass is 10.0. The fourth-order valence-electron chi connectivity index (χ4n) is 2.86. The highest BCUT2D eigenvalue weighted by molar-refractivity contribution is 6.31. The minimum absolute atomic E-state index is 0.469. The van der Waals surface area contributed by atoms with E-state index in [1.807, 2.05) is 24.3 Å². The van der Waals surface area contributed by atoms with Crippen LogP contribution in [0.5, 0.6) is 0 Å². The van der Waals surface area contributed by atoms with E-state index in [2.05, 4.69) is 23.9 Å². The number of likely N-dealkylation sites (tertiary alicyclic amines) is 1. The van der Waals surface area contributed by atoms with Crippen molar-refractivity contribution in [1.29, 1.82) is 0 Å². The molecule has 1 aromatic rings. The molecular weight excluding hydrogens is 272 g/mol. The van der Waals surface area contributed by atoms with Gasteiger partial charge in [-0.05, 0) is 51.5 Å². The maximum absolute atomic E-state index is 10.3. The predicted octanol–water partition coefficient (Wildman–Crippen LogP) is 2.79. The second-order valence-corrected chi connectivity index (χ2v) is 6.29. The number of aliphatic hydroxyl groups excluding tert-OH is 1. The summed E-state index contributed by atoms with van der Waals surface area (Å²) in [6.07, 6.45) is 2.79. The summed E-state index contributed by atoms with van der Waals surface area (Å²) in [6.45, 7) is 3.17. The van der Waals surface area contributed by atoms with Crippen molar-refractivity contribution in [3.63, 3.8) is 0 Å². The molecule has 4 heteroatoms. The first-order chi connectivity index (χ1) is 9.58. The van der Waals surface area contributed by atoms with E-state index in [9.17, 15) is 5.11 Å². The molecule has 1 aromatic carbocycles. The van der Waals surface area contributed by atoms with Gasteiger partial charge in [0.25, 0.3) is 0 Å². The summed E-state index contributed by atoms with van der Waals surface area (Å²) in [5.74, 6) is 0. The summed E-state index contributed by atoms with van der Waals surface area (Å²) in [5.41, 5.74) is 0.843. The maximum atomic E-state index is 10.3. The zero-order valence-electron chi connectivity index (χ0n) is 12.4. The maximum Gasteiger partial charge on any atom is 0.0816 e. The lowest BCUT2D eigenvalue weighted by Crippen LogP contribution is -2.45. The quantitative estimate of drug-likeness (QED) is 0.905. The van der Waals surface area contributed by atoms with Crippen LogP contribution < -0.4 is 0 Å². The Bertz CT molecular complexity index is 425. The van der Waals surface area contributed by atoms with E-state index in [0.29, 0.717) is 11.1 Å². The van der Waals surface area contributed by atoms with Crippen LogP contribution in [0.1, 0.15) is 30.9 Å². The van der Waals surface area contributed by atoms with Gasteiger partial charge in [0.2, 0.25) is 0 Å². The van der Waals surface area contributed by atoms with Crippen LogP contribution in [0.15, 0.2) is 24.3 Å². The molecule has 0 aromatic heterocycles. The number of piperidine rings is 1. The number of nitrogens with zero attached hydrogens (tertiary/aromatic N) is 2. The number of rotatable bonds is 5. The zero-order chi connectivity index (χ0) is 14.5. The van der Waals surface area contributed by atoms with E-state index in [1.165, 1.54) is 12.8 Å². The van der Waals surface area contributed by atoms with Crippen molar-refractivity contribution in [2.24, 2.45) is 0 Å². The van der Waals surface area contributed by atoms with E-state index >= 15 is 0 Å². The number of hydrogen-bond donors (Lipinski definition) is 1. The van der Waals surface area contributed by atoms with Gasteiger partial charge in [0.1, 0.15) is 0 Å². The Morgan fingerprint density at radius 1 is 1.40 bits per heavy atom. The number of benzene rings is 1. The molecule has 1 N–H and O–H groups in total. The number of halogens is 1. The van der Waals surface area contributed by atoms with Crippen LogP contribution in [0.2, 0.25) is 5.02 Å². The third-order valence-corrected chi connectivity index (χ3v) is 4.54. The summed E-state index contributed by atoms with van der Waals surface area (Å²) in [5, 5.41) is 10.9. The molecule has 20 heavy (non-hydrogen) atoms. The van der Waals surface area contributed by atoms with Gasteiger partial charge in [-0.3, -0.25) is 0 Å². The Balaban J connectivity index is 1.84. The Kier molecular flexibility index (Phi) is 5.85. The van der Waals surface area contributed by atoms with Crippen molar-refractivity contribution in [3.8, 4) is 0 Å².